The van der Waals surface area contributed by atoms with Gasteiger partial charge in [0.25, 0.3) is 0 Å². The number of Topliss-reactive ketones (excluding diaryl/α,β-unsaturated/α-hetero) is 1. The van der Waals surface area contributed by atoms with Crippen molar-refractivity contribution in [3.63, 3.8) is 0 Å². The summed E-state index contributed by atoms with van der Waals surface area (Å²) in [5.41, 5.74) is 0. The maximum atomic E-state index is 13.2. The first-order chi connectivity index (χ1) is 10.9. The molecule has 0 aromatic rings. The standard InChI is InChI=1S/C10H11F9O6/c11-7(12,8(13,14)9(15,16)10(17,18)19)6(25)5(24)4(23)3(22)2(21)1-20/h2-5,20-24H,1H2/t2-,3-,4+,5-/m1/s1. The molecule has 150 valence electrons. The number of alkyl halides is 9. The van der Waals surface area contributed by atoms with Gasteiger partial charge in [-0.25, -0.2) is 0 Å². The van der Waals surface area contributed by atoms with E-state index in [0.29, 0.717) is 0 Å². The van der Waals surface area contributed by atoms with Gasteiger partial charge in [0.15, 0.2) is 0 Å². The normalized spacial score (nSPS) is 19.3. The lowest BCUT2D eigenvalue weighted by molar-refractivity contribution is -0.389. The van der Waals surface area contributed by atoms with Gasteiger partial charge in [0.1, 0.15) is 24.4 Å². The molecule has 0 saturated heterocycles. The highest BCUT2D eigenvalue weighted by atomic mass is 19.4. The zero-order valence-electron chi connectivity index (χ0n) is 11.6. The van der Waals surface area contributed by atoms with E-state index in [0.717, 1.165) is 0 Å². The molecule has 15 heteroatoms. The summed E-state index contributed by atoms with van der Waals surface area (Å²) in [6.07, 6.45) is -19.4. The van der Waals surface area contributed by atoms with Gasteiger partial charge in [0, 0.05) is 0 Å². The third-order valence-electron chi connectivity index (χ3n) is 2.98. The molecular weight excluding hydrogens is 387 g/mol. The number of carbonyl (C=O) groups is 1. The Hall–Kier alpha value is -1.16. The van der Waals surface area contributed by atoms with Crippen molar-refractivity contribution in [1.29, 1.82) is 0 Å². The molecule has 0 spiro atoms. The van der Waals surface area contributed by atoms with Gasteiger partial charge in [-0.1, -0.05) is 0 Å². The number of aliphatic hydroxyl groups is 5. The van der Waals surface area contributed by atoms with E-state index >= 15 is 0 Å². The monoisotopic (exact) mass is 398 g/mol. The van der Waals surface area contributed by atoms with Crippen LogP contribution < -0.4 is 0 Å². The van der Waals surface area contributed by atoms with E-state index < -0.39 is 60.7 Å². The van der Waals surface area contributed by atoms with Crippen LogP contribution in [0.3, 0.4) is 0 Å². The zero-order valence-corrected chi connectivity index (χ0v) is 11.6. The van der Waals surface area contributed by atoms with Crippen molar-refractivity contribution in [2.24, 2.45) is 0 Å². The molecule has 0 heterocycles. The second-order valence-electron chi connectivity index (χ2n) is 4.76. The number of hydrogen-bond donors (Lipinski definition) is 5. The number of ketones is 1. The van der Waals surface area contributed by atoms with Crippen LogP contribution in [0.2, 0.25) is 0 Å². The van der Waals surface area contributed by atoms with Gasteiger partial charge in [0.05, 0.1) is 6.61 Å². The first kappa shape index (κ1) is 23.8. The Morgan fingerprint density at radius 1 is 0.760 bits per heavy atom. The third kappa shape index (κ3) is 3.99. The Bertz CT molecular complexity index is 480. The summed E-state index contributed by atoms with van der Waals surface area (Å²) in [4.78, 5) is 11.0. The van der Waals surface area contributed by atoms with Crippen LogP contribution in [0.15, 0.2) is 0 Å². The summed E-state index contributed by atoms with van der Waals surface area (Å²) in [6, 6.07) is 0. The van der Waals surface area contributed by atoms with Crippen molar-refractivity contribution in [2.75, 3.05) is 6.61 Å². The molecule has 0 radical (unpaired) electrons. The molecule has 0 aliphatic rings. The SMILES string of the molecule is O=C([C@H](O)[C@@H](O)[C@H](O)[C@H](O)CO)C(F)(F)C(F)(F)C(F)(F)C(F)(F)F. The predicted molar refractivity (Wildman–Crippen MR) is 57.0 cm³/mol. The fourth-order valence-electron chi connectivity index (χ4n) is 1.39. The lowest BCUT2D eigenvalue weighted by Crippen LogP contribution is -2.66. The van der Waals surface area contributed by atoms with Gasteiger partial charge < -0.3 is 25.5 Å². The molecule has 0 unspecified atom stereocenters. The molecule has 0 bridgehead atoms. The van der Waals surface area contributed by atoms with Crippen LogP contribution >= 0.6 is 0 Å². The van der Waals surface area contributed by atoms with E-state index in [1.54, 1.807) is 0 Å². The highest BCUT2D eigenvalue weighted by Gasteiger charge is 2.84. The molecule has 0 rings (SSSR count). The van der Waals surface area contributed by atoms with Crippen molar-refractivity contribution in [1.82, 2.24) is 0 Å². The summed E-state index contributed by atoms with van der Waals surface area (Å²) in [7, 11) is 0. The van der Waals surface area contributed by atoms with Crippen LogP contribution in [-0.2, 0) is 4.79 Å². The Labute approximate surface area is 132 Å². The minimum atomic E-state index is -7.40. The molecule has 0 aromatic heterocycles. The second kappa shape index (κ2) is 7.22. The average molecular weight is 398 g/mol. The lowest BCUT2D eigenvalue weighted by Gasteiger charge is -2.34. The van der Waals surface area contributed by atoms with Crippen LogP contribution in [0, 0.1) is 0 Å². The molecule has 0 amide bonds. The zero-order chi connectivity index (χ0) is 20.6. The number of carbonyl (C=O) groups excluding carboxylic acids is 1. The van der Waals surface area contributed by atoms with Crippen molar-refractivity contribution in [3.05, 3.63) is 0 Å². The smallest absolute Gasteiger partial charge is 0.394 e. The molecule has 5 N–H and O–H groups in total. The highest BCUT2D eigenvalue weighted by Crippen LogP contribution is 2.53. The number of halogens is 9. The van der Waals surface area contributed by atoms with E-state index in [2.05, 4.69) is 0 Å². The van der Waals surface area contributed by atoms with Crippen molar-refractivity contribution in [2.45, 2.75) is 48.4 Å². The van der Waals surface area contributed by atoms with Crippen LogP contribution in [0.5, 0.6) is 0 Å². The molecule has 0 saturated carbocycles. The molecule has 0 fully saturated rings. The van der Waals surface area contributed by atoms with Crippen molar-refractivity contribution < 1.29 is 69.8 Å². The summed E-state index contributed by atoms with van der Waals surface area (Å²) in [5, 5.41) is 44.3. The first-order valence-electron chi connectivity index (χ1n) is 5.95. The van der Waals surface area contributed by atoms with Crippen molar-refractivity contribution >= 4 is 5.78 Å². The Kier molecular flexibility index (Phi) is 6.89. The topological polar surface area (TPSA) is 118 Å². The molecule has 6 nitrogen and oxygen atoms in total. The minimum Gasteiger partial charge on any atom is -0.394 e. The van der Waals surface area contributed by atoms with Crippen LogP contribution in [-0.4, -0.2) is 86.3 Å². The van der Waals surface area contributed by atoms with E-state index in [1.807, 2.05) is 0 Å². The van der Waals surface area contributed by atoms with E-state index in [-0.39, 0.29) is 0 Å². The van der Waals surface area contributed by atoms with Gasteiger partial charge in [0.2, 0.25) is 5.78 Å². The quantitative estimate of drug-likeness (QED) is 0.351. The van der Waals surface area contributed by atoms with Crippen molar-refractivity contribution in [3.8, 4) is 0 Å². The number of rotatable bonds is 8. The molecular formula is C10H11F9O6. The Morgan fingerprint density at radius 3 is 1.48 bits per heavy atom. The van der Waals surface area contributed by atoms with E-state index in [1.165, 1.54) is 0 Å². The minimum absolute atomic E-state index is 1.39. The van der Waals surface area contributed by atoms with Gasteiger partial charge in [-0.3, -0.25) is 4.79 Å². The second-order valence-corrected chi connectivity index (χ2v) is 4.76. The Balaban J connectivity index is 5.75. The van der Waals surface area contributed by atoms with Gasteiger partial charge in [-0.2, -0.15) is 39.5 Å². The molecule has 0 aliphatic carbocycles. The highest BCUT2D eigenvalue weighted by molar-refractivity contribution is 5.91. The largest absolute Gasteiger partial charge is 0.460 e. The predicted octanol–water partition coefficient (Wildman–Crippen LogP) is -0.540. The maximum Gasteiger partial charge on any atom is 0.460 e. The van der Waals surface area contributed by atoms with E-state index in [4.69, 9.17) is 25.5 Å². The summed E-state index contributed by atoms with van der Waals surface area (Å²) < 4.78 is 113. The van der Waals surface area contributed by atoms with Gasteiger partial charge in [-0.15, -0.1) is 0 Å². The summed E-state index contributed by atoms with van der Waals surface area (Å²) in [6.45, 7) is -1.39. The fraction of sp³-hybridized carbons (Fsp3) is 0.900. The van der Waals surface area contributed by atoms with Crippen LogP contribution in [0.25, 0.3) is 0 Å². The summed E-state index contributed by atoms with van der Waals surface area (Å²) in [5.74, 6) is -25.3. The lowest BCUT2D eigenvalue weighted by atomic mass is 9.92. The van der Waals surface area contributed by atoms with Gasteiger partial charge in [-0.05, 0) is 0 Å². The summed E-state index contributed by atoms with van der Waals surface area (Å²) >= 11 is 0. The van der Waals surface area contributed by atoms with Crippen LogP contribution in [0.4, 0.5) is 39.5 Å². The molecule has 0 aliphatic heterocycles. The fourth-order valence-corrected chi connectivity index (χ4v) is 1.39. The molecule has 25 heavy (non-hydrogen) atoms. The average Bonchev–Trinajstić information content (AvgIpc) is 2.49. The number of aliphatic hydroxyl groups excluding tert-OH is 5. The van der Waals surface area contributed by atoms with E-state index in [9.17, 15) is 44.3 Å². The maximum absolute atomic E-state index is 13.2. The first-order valence-corrected chi connectivity index (χ1v) is 5.95. The van der Waals surface area contributed by atoms with Crippen LogP contribution in [0.1, 0.15) is 0 Å². The molecule has 0 aromatic carbocycles. The number of hydrogen-bond acceptors (Lipinski definition) is 6. The third-order valence-corrected chi connectivity index (χ3v) is 2.98. The molecule has 4 atom stereocenters. The Morgan fingerprint density at radius 2 is 1.16 bits per heavy atom. The van der Waals surface area contributed by atoms with Gasteiger partial charge >= 0.3 is 23.9 Å².